The highest BCUT2D eigenvalue weighted by Gasteiger charge is 2.22. The van der Waals surface area contributed by atoms with E-state index in [4.69, 9.17) is 0 Å². The Morgan fingerprint density at radius 3 is 2.87 bits per heavy atom. The van der Waals surface area contributed by atoms with Crippen molar-refractivity contribution < 1.29 is 4.79 Å². The molecule has 1 aromatic heterocycles. The minimum atomic E-state index is 0.0239. The Hall–Kier alpha value is -0.350. The molecule has 1 N–H and O–H groups in total. The average molecular weight is 290 g/mol. The van der Waals surface area contributed by atoms with Crippen molar-refractivity contribution >= 4 is 33.2 Å². The first-order chi connectivity index (χ1) is 7.06. The van der Waals surface area contributed by atoms with Gasteiger partial charge >= 0.3 is 0 Å². The molecule has 0 saturated heterocycles. The van der Waals surface area contributed by atoms with Crippen molar-refractivity contribution in [2.45, 2.75) is 25.7 Å². The topological polar surface area (TPSA) is 29.1 Å². The Morgan fingerprint density at radius 2 is 2.33 bits per heavy atom. The number of alkyl halides is 1. The van der Waals surface area contributed by atoms with E-state index in [2.05, 4.69) is 46.5 Å². The van der Waals surface area contributed by atoms with Gasteiger partial charge in [0.25, 0.3) is 0 Å². The largest absolute Gasteiger partial charge is 0.355 e. The number of carbonyl (C=O) groups is 1. The van der Waals surface area contributed by atoms with E-state index in [1.807, 2.05) is 6.07 Å². The number of rotatable bonds is 5. The Labute approximate surface area is 103 Å². The van der Waals surface area contributed by atoms with E-state index < -0.39 is 0 Å². The Kier molecular flexibility index (Phi) is 4.80. The van der Waals surface area contributed by atoms with Crippen LogP contribution in [-0.4, -0.2) is 17.8 Å². The minimum absolute atomic E-state index is 0.0239. The molecule has 0 aliphatic rings. The van der Waals surface area contributed by atoms with Gasteiger partial charge in [-0.05, 0) is 11.4 Å². The van der Waals surface area contributed by atoms with Gasteiger partial charge < -0.3 is 5.32 Å². The summed E-state index contributed by atoms with van der Waals surface area (Å²) >= 11 is 4.98. The fraction of sp³-hybridized carbons (Fsp3) is 0.545. The molecule has 84 valence electrons. The predicted octanol–water partition coefficient (Wildman–Crippen LogP) is 2.93. The summed E-state index contributed by atoms with van der Waals surface area (Å²) in [6, 6.07) is 4.16. The molecule has 15 heavy (non-hydrogen) atoms. The van der Waals surface area contributed by atoms with Gasteiger partial charge in [0.15, 0.2) is 0 Å². The molecule has 0 bridgehead atoms. The van der Waals surface area contributed by atoms with Crippen molar-refractivity contribution in [1.82, 2.24) is 5.32 Å². The zero-order chi connectivity index (χ0) is 11.3. The molecule has 0 aromatic carbocycles. The van der Waals surface area contributed by atoms with Gasteiger partial charge in [-0.15, -0.1) is 11.3 Å². The molecular weight excluding hydrogens is 274 g/mol. The third kappa shape index (κ3) is 3.95. The second-order valence-electron chi connectivity index (χ2n) is 4.08. The predicted molar refractivity (Wildman–Crippen MR) is 68.8 cm³/mol. The number of hydrogen-bond donors (Lipinski definition) is 1. The van der Waals surface area contributed by atoms with Crippen molar-refractivity contribution in [3.63, 3.8) is 0 Å². The summed E-state index contributed by atoms with van der Waals surface area (Å²) in [6.07, 6.45) is 0.542. The van der Waals surface area contributed by atoms with Crippen LogP contribution >= 0.6 is 27.3 Å². The second kappa shape index (κ2) is 5.66. The second-order valence-corrected chi connectivity index (χ2v) is 5.82. The normalized spacial score (nSPS) is 11.4. The summed E-state index contributed by atoms with van der Waals surface area (Å²) < 4.78 is 0. The lowest BCUT2D eigenvalue weighted by Gasteiger charge is -2.23. The molecule has 0 radical (unpaired) electrons. The molecule has 0 aliphatic carbocycles. The summed E-state index contributed by atoms with van der Waals surface area (Å²) in [5.41, 5.74) is 0.0239. The summed E-state index contributed by atoms with van der Waals surface area (Å²) in [5.74, 6) is 0.108. The molecule has 4 heteroatoms. The van der Waals surface area contributed by atoms with Crippen molar-refractivity contribution in [2.24, 2.45) is 0 Å². The first kappa shape index (κ1) is 12.7. The van der Waals surface area contributed by atoms with Gasteiger partial charge in [0, 0.05) is 28.6 Å². The minimum Gasteiger partial charge on any atom is -0.355 e. The molecule has 1 rings (SSSR count). The monoisotopic (exact) mass is 289 g/mol. The van der Waals surface area contributed by atoms with E-state index in [9.17, 15) is 4.79 Å². The molecule has 0 spiro atoms. The van der Waals surface area contributed by atoms with Gasteiger partial charge in [-0.2, -0.15) is 0 Å². The summed E-state index contributed by atoms with van der Waals surface area (Å²) in [6.45, 7) is 4.99. The molecule has 0 fully saturated rings. The van der Waals surface area contributed by atoms with E-state index in [1.54, 1.807) is 11.3 Å². The molecule has 0 atom stereocenters. The Balaban J connectivity index is 2.47. The van der Waals surface area contributed by atoms with E-state index in [-0.39, 0.29) is 11.3 Å². The van der Waals surface area contributed by atoms with Crippen molar-refractivity contribution in [1.29, 1.82) is 0 Å². The van der Waals surface area contributed by atoms with Gasteiger partial charge in [-0.25, -0.2) is 0 Å². The van der Waals surface area contributed by atoms with Crippen LogP contribution in [-0.2, 0) is 10.2 Å². The van der Waals surface area contributed by atoms with Crippen molar-refractivity contribution in [3.8, 4) is 0 Å². The SMILES string of the molecule is CC(C)(CNC(=O)CCBr)c1cccs1. The van der Waals surface area contributed by atoms with Crippen LogP contribution in [0.3, 0.4) is 0 Å². The van der Waals surface area contributed by atoms with E-state index in [0.717, 1.165) is 5.33 Å². The third-order valence-electron chi connectivity index (χ3n) is 2.24. The highest BCUT2D eigenvalue weighted by molar-refractivity contribution is 9.09. The standard InChI is InChI=1S/C11H16BrNOS/c1-11(2,9-4-3-7-15-9)8-13-10(14)5-6-12/h3-4,7H,5-6,8H2,1-2H3,(H,13,14). The smallest absolute Gasteiger partial charge is 0.220 e. The number of amides is 1. The van der Waals surface area contributed by atoms with Crippen LogP contribution in [0, 0.1) is 0 Å². The van der Waals surface area contributed by atoms with Gasteiger partial charge in [0.05, 0.1) is 0 Å². The summed E-state index contributed by atoms with van der Waals surface area (Å²) in [5, 5.41) is 5.74. The lowest BCUT2D eigenvalue weighted by molar-refractivity contribution is -0.120. The number of nitrogens with one attached hydrogen (secondary N) is 1. The Bertz CT molecular complexity index is 308. The van der Waals surface area contributed by atoms with Crippen LogP contribution < -0.4 is 5.32 Å². The quantitative estimate of drug-likeness (QED) is 0.830. The molecule has 1 heterocycles. The lowest BCUT2D eigenvalue weighted by Crippen LogP contribution is -2.36. The first-order valence-electron chi connectivity index (χ1n) is 4.93. The van der Waals surface area contributed by atoms with Crippen molar-refractivity contribution in [2.75, 3.05) is 11.9 Å². The number of thiophene rings is 1. The zero-order valence-corrected chi connectivity index (χ0v) is 11.5. The fourth-order valence-electron chi connectivity index (χ4n) is 1.24. The average Bonchev–Trinajstić information content (AvgIpc) is 2.69. The van der Waals surface area contributed by atoms with Gasteiger partial charge in [0.2, 0.25) is 5.91 Å². The molecule has 0 unspecified atom stereocenters. The van der Waals surface area contributed by atoms with Gasteiger partial charge in [-0.3, -0.25) is 4.79 Å². The van der Waals surface area contributed by atoms with Gasteiger partial charge in [-0.1, -0.05) is 35.8 Å². The van der Waals surface area contributed by atoms with Crippen LogP contribution in [0.5, 0.6) is 0 Å². The van der Waals surface area contributed by atoms with Crippen molar-refractivity contribution in [3.05, 3.63) is 22.4 Å². The van der Waals surface area contributed by atoms with Crippen LogP contribution in [0.2, 0.25) is 0 Å². The van der Waals surface area contributed by atoms with Crippen LogP contribution in [0.25, 0.3) is 0 Å². The van der Waals surface area contributed by atoms with E-state index >= 15 is 0 Å². The highest BCUT2D eigenvalue weighted by Crippen LogP contribution is 2.26. The van der Waals surface area contributed by atoms with Crippen LogP contribution in [0.4, 0.5) is 0 Å². The Morgan fingerprint density at radius 1 is 1.60 bits per heavy atom. The molecular formula is C11H16BrNOS. The van der Waals surface area contributed by atoms with Crippen LogP contribution in [0.15, 0.2) is 17.5 Å². The number of hydrogen-bond acceptors (Lipinski definition) is 2. The highest BCUT2D eigenvalue weighted by atomic mass is 79.9. The molecule has 0 saturated carbocycles. The first-order valence-corrected chi connectivity index (χ1v) is 6.93. The van der Waals surface area contributed by atoms with E-state index in [1.165, 1.54) is 4.88 Å². The van der Waals surface area contributed by atoms with Crippen LogP contribution in [0.1, 0.15) is 25.1 Å². The summed E-state index contributed by atoms with van der Waals surface area (Å²) in [7, 11) is 0. The molecule has 1 amide bonds. The molecule has 1 aromatic rings. The zero-order valence-electron chi connectivity index (χ0n) is 9.05. The summed E-state index contributed by atoms with van der Waals surface area (Å²) in [4.78, 5) is 12.6. The maximum absolute atomic E-state index is 11.3. The fourth-order valence-corrected chi connectivity index (χ4v) is 2.46. The number of carbonyl (C=O) groups excluding carboxylic acids is 1. The third-order valence-corrected chi connectivity index (χ3v) is 3.87. The molecule has 0 aliphatic heterocycles. The maximum Gasteiger partial charge on any atom is 0.220 e. The number of halogens is 1. The van der Waals surface area contributed by atoms with E-state index in [0.29, 0.717) is 13.0 Å². The lowest BCUT2D eigenvalue weighted by atomic mass is 9.91. The maximum atomic E-state index is 11.3. The molecule has 2 nitrogen and oxygen atoms in total. The van der Waals surface area contributed by atoms with Gasteiger partial charge in [0.1, 0.15) is 0 Å².